The van der Waals surface area contributed by atoms with Crippen LogP contribution >= 0.6 is 0 Å². The fourth-order valence-electron chi connectivity index (χ4n) is 5.20. The van der Waals surface area contributed by atoms with Crippen molar-refractivity contribution in [1.82, 2.24) is 25.1 Å². The summed E-state index contributed by atoms with van der Waals surface area (Å²) in [5.74, 6) is -0.233. The van der Waals surface area contributed by atoms with Crippen LogP contribution in [-0.2, 0) is 35.3 Å². The number of likely N-dealkylation sites (N-methyl/N-ethyl adjacent to an activating group) is 1. The molecule has 11 heteroatoms. The highest BCUT2D eigenvalue weighted by Gasteiger charge is 2.43. The lowest BCUT2D eigenvalue weighted by molar-refractivity contribution is -0.170. The van der Waals surface area contributed by atoms with Gasteiger partial charge < -0.3 is 15.1 Å². The Balaban J connectivity index is 1.62. The number of hydrogen-bond donors (Lipinski definition) is 1. The predicted octanol–water partition coefficient (Wildman–Crippen LogP) is 4.52. The molecule has 1 N–H and O–H groups in total. The Labute approximate surface area is 243 Å². The van der Waals surface area contributed by atoms with Crippen LogP contribution in [0.3, 0.4) is 0 Å². The van der Waals surface area contributed by atoms with Gasteiger partial charge in [0.2, 0.25) is 12.3 Å². The first-order valence-electron chi connectivity index (χ1n) is 13.6. The van der Waals surface area contributed by atoms with Crippen LogP contribution in [0.2, 0.25) is 0 Å². The Morgan fingerprint density at radius 2 is 1.62 bits per heavy atom. The number of urea groups is 1. The number of halogens is 3. The quantitative estimate of drug-likeness (QED) is 0.358. The second-order valence-corrected chi connectivity index (χ2v) is 10.4. The van der Waals surface area contributed by atoms with E-state index in [9.17, 15) is 27.6 Å². The molecule has 3 aromatic rings. The van der Waals surface area contributed by atoms with Crippen molar-refractivity contribution in [3.8, 4) is 0 Å². The lowest BCUT2D eigenvalue weighted by atomic mass is 10.0. The molecule has 0 aromatic heterocycles. The summed E-state index contributed by atoms with van der Waals surface area (Å²) in [7, 11) is 1.62. The van der Waals surface area contributed by atoms with E-state index >= 15 is 0 Å². The molecule has 0 radical (unpaired) electrons. The van der Waals surface area contributed by atoms with Crippen molar-refractivity contribution in [2.24, 2.45) is 0 Å². The van der Waals surface area contributed by atoms with E-state index in [0.29, 0.717) is 12.8 Å². The van der Waals surface area contributed by atoms with Gasteiger partial charge in [0.15, 0.2) is 0 Å². The van der Waals surface area contributed by atoms with Crippen LogP contribution in [0.1, 0.15) is 29.2 Å². The third-order valence-corrected chi connectivity index (χ3v) is 7.15. The first-order valence-corrected chi connectivity index (χ1v) is 13.6. The number of amides is 4. The maximum Gasteiger partial charge on any atom is 0.416 e. The minimum absolute atomic E-state index is 0.0664. The maximum atomic E-state index is 13.6. The van der Waals surface area contributed by atoms with E-state index in [1.807, 2.05) is 67.6 Å². The molecule has 1 unspecified atom stereocenters. The Kier molecular flexibility index (Phi) is 9.84. The molecule has 1 saturated heterocycles. The van der Waals surface area contributed by atoms with Crippen LogP contribution in [0.4, 0.5) is 18.0 Å². The number of hydrazine groups is 1. The summed E-state index contributed by atoms with van der Waals surface area (Å²) in [5.41, 5.74) is 1.33. The number of hydrogen-bond acceptors (Lipinski definition) is 4. The number of nitrogens with zero attached hydrogens (tertiary/aromatic N) is 4. The van der Waals surface area contributed by atoms with E-state index in [2.05, 4.69) is 5.32 Å². The number of carbonyl (C=O) groups is 3. The largest absolute Gasteiger partial charge is 0.416 e. The standard InChI is InChI=1S/C31H34F3N5O3/c1-23(16-24-10-5-3-6-11-24)38-28(20-37(22-40)19-26-14-9-15-27(17-26)31(32,33)34)39(36(2)21-29(38)41)30(42)35-18-25-12-7-4-8-13-25/h3-15,17,22-23,28H,16,18-21H2,1-2H3,(H,35,42)/t23-,28?/m1/s1. The predicted molar refractivity (Wildman–Crippen MR) is 151 cm³/mol. The van der Waals surface area contributed by atoms with Crippen LogP contribution in [0.5, 0.6) is 0 Å². The monoisotopic (exact) mass is 581 g/mol. The number of carbonyl (C=O) groups excluding carboxylic acids is 3. The normalized spacial score (nSPS) is 16.7. The van der Waals surface area contributed by atoms with Crippen LogP contribution < -0.4 is 5.32 Å². The Bertz CT molecular complexity index is 1360. The zero-order chi connectivity index (χ0) is 30.3. The van der Waals surface area contributed by atoms with E-state index in [4.69, 9.17) is 0 Å². The smallest absolute Gasteiger partial charge is 0.337 e. The molecular weight excluding hydrogens is 547 g/mol. The molecule has 1 aliphatic heterocycles. The minimum atomic E-state index is -4.53. The summed E-state index contributed by atoms with van der Waals surface area (Å²) in [6.45, 7) is 1.80. The van der Waals surface area contributed by atoms with Gasteiger partial charge in [0.1, 0.15) is 6.17 Å². The van der Waals surface area contributed by atoms with E-state index in [1.165, 1.54) is 27.1 Å². The van der Waals surface area contributed by atoms with E-state index in [0.717, 1.165) is 23.3 Å². The van der Waals surface area contributed by atoms with Crippen molar-refractivity contribution >= 4 is 18.3 Å². The first kappa shape index (κ1) is 30.6. The van der Waals surface area contributed by atoms with Crippen molar-refractivity contribution in [1.29, 1.82) is 0 Å². The fraction of sp³-hybridized carbons (Fsp3) is 0.323. The molecule has 0 spiro atoms. The summed E-state index contributed by atoms with van der Waals surface area (Å²) >= 11 is 0. The second kappa shape index (κ2) is 13.5. The van der Waals surface area contributed by atoms with Gasteiger partial charge in [-0.1, -0.05) is 72.8 Å². The Morgan fingerprint density at radius 3 is 2.24 bits per heavy atom. The van der Waals surface area contributed by atoms with Crippen LogP contribution in [0.25, 0.3) is 0 Å². The molecular formula is C31H34F3N5O3. The van der Waals surface area contributed by atoms with Gasteiger partial charge in [-0.05, 0) is 42.2 Å². The van der Waals surface area contributed by atoms with Gasteiger partial charge in [-0.15, -0.1) is 0 Å². The molecule has 0 aliphatic carbocycles. The molecule has 0 saturated carbocycles. The van der Waals surface area contributed by atoms with Gasteiger partial charge in [0.05, 0.1) is 18.7 Å². The number of alkyl halides is 3. The van der Waals surface area contributed by atoms with Gasteiger partial charge in [-0.2, -0.15) is 13.2 Å². The van der Waals surface area contributed by atoms with E-state index in [-0.39, 0.29) is 43.7 Å². The summed E-state index contributed by atoms with van der Waals surface area (Å²) in [6, 6.07) is 22.9. The van der Waals surface area contributed by atoms with Crippen LogP contribution in [0, 0.1) is 0 Å². The van der Waals surface area contributed by atoms with Crippen LogP contribution in [-0.4, -0.2) is 70.5 Å². The lowest BCUT2D eigenvalue weighted by Gasteiger charge is -2.50. The molecule has 4 rings (SSSR count). The SMILES string of the molecule is C[C@H](Cc1ccccc1)N1C(=O)CN(C)N(C(=O)NCc2ccccc2)C1CN(C=O)Cc1cccc(C(F)(F)F)c1. The minimum Gasteiger partial charge on any atom is -0.337 e. The Morgan fingerprint density at radius 1 is 1.00 bits per heavy atom. The highest BCUT2D eigenvalue weighted by atomic mass is 19.4. The van der Waals surface area contributed by atoms with E-state index < -0.39 is 23.9 Å². The second-order valence-electron chi connectivity index (χ2n) is 10.4. The van der Waals surface area contributed by atoms with Crippen molar-refractivity contribution in [3.63, 3.8) is 0 Å². The molecule has 4 amide bonds. The van der Waals surface area contributed by atoms with Gasteiger partial charge in [-0.3, -0.25) is 9.59 Å². The van der Waals surface area contributed by atoms with Gasteiger partial charge in [-0.25, -0.2) is 14.8 Å². The van der Waals surface area contributed by atoms with Crippen LogP contribution in [0.15, 0.2) is 84.9 Å². The third kappa shape index (κ3) is 7.67. The molecule has 2 atom stereocenters. The molecule has 222 valence electrons. The van der Waals surface area contributed by atoms with Gasteiger partial charge >= 0.3 is 12.2 Å². The van der Waals surface area contributed by atoms with Gasteiger partial charge in [0.25, 0.3) is 0 Å². The number of rotatable bonds is 10. The molecule has 3 aromatic carbocycles. The van der Waals surface area contributed by atoms with Crippen molar-refractivity contribution in [3.05, 3.63) is 107 Å². The van der Waals surface area contributed by atoms with Crippen molar-refractivity contribution in [2.45, 2.75) is 44.8 Å². The van der Waals surface area contributed by atoms with Crippen molar-refractivity contribution in [2.75, 3.05) is 20.1 Å². The highest BCUT2D eigenvalue weighted by molar-refractivity contribution is 5.82. The first-order chi connectivity index (χ1) is 20.1. The zero-order valence-electron chi connectivity index (χ0n) is 23.5. The average Bonchev–Trinajstić information content (AvgIpc) is 2.96. The molecule has 1 fully saturated rings. The molecule has 8 nitrogen and oxygen atoms in total. The van der Waals surface area contributed by atoms with E-state index in [1.54, 1.807) is 11.9 Å². The summed E-state index contributed by atoms with van der Waals surface area (Å²) in [6.07, 6.45) is -4.42. The van der Waals surface area contributed by atoms with Gasteiger partial charge in [0, 0.05) is 26.2 Å². The lowest BCUT2D eigenvalue weighted by Crippen LogP contribution is -2.71. The molecule has 1 aliphatic rings. The topological polar surface area (TPSA) is 76.2 Å². The zero-order valence-corrected chi connectivity index (χ0v) is 23.5. The molecule has 0 bridgehead atoms. The Hall–Kier alpha value is -4.38. The summed E-state index contributed by atoms with van der Waals surface area (Å²) in [5, 5.41) is 5.81. The van der Waals surface area contributed by atoms with Crippen molar-refractivity contribution < 1.29 is 27.6 Å². The summed E-state index contributed by atoms with van der Waals surface area (Å²) in [4.78, 5) is 42.2. The number of benzene rings is 3. The third-order valence-electron chi connectivity index (χ3n) is 7.15. The molecule has 42 heavy (non-hydrogen) atoms. The summed E-state index contributed by atoms with van der Waals surface area (Å²) < 4.78 is 39.9. The molecule has 1 heterocycles. The maximum absolute atomic E-state index is 13.6. The highest BCUT2D eigenvalue weighted by Crippen LogP contribution is 2.30. The number of nitrogens with one attached hydrogen (secondary N) is 1. The average molecular weight is 582 g/mol. The fourth-order valence-corrected chi connectivity index (χ4v) is 5.20.